The average molecular weight is 415 g/mol. The molecule has 3 nitrogen and oxygen atoms in total. The summed E-state index contributed by atoms with van der Waals surface area (Å²) >= 11 is 8.26. The van der Waals surface area contributed by atoms with E-state index in [9.17, 15) is 4.79 Å². The maximum absolute atomic E-state index is 13.2. The van der Waals surface area contributed by atoms with E-state index in [4.69, 9.17) is 11.6 Å². The predicted molar refractivity (Wildman–Crippen MR) is 117 cm³/mol. The Hall–Kier alpha value is -1.52. The maximum Gasteiger partial charge on any atom is 0.224 e. The van der Waals surface area contributed by atoms with Gasteiger partial charge in [-0.2, -0.15) is 11.8 Å². The van der Waals surface area contributed by atoms with Crippen molar-refractivity contribution in [1.29, 1.82) is 0 Å². The van der Waals surface area contributed by atoms with Gasteiger partial charge in [0.05, 0.1) is 0 Å². The van der Waals surface area contributed by atoms with Crippen LogP contribution in [0.3, 0.4) is 0 Å². The van der Waals surface area contributed by atoms with Crippen LogP contribution in [0.4, 0.5) is 0 Å². The van der Waals surface area contributed by atoms with Crippen molar-refractivity contribution >= 4 is 29.3 Å². The quantitative estimate of drug-likeness (QED) is 0.674. The van der Waals surface area contributed by atoms with Crippen molar-refractivity contribution in [3.8, 4) is 0 Å². The fourth-order valence-electron chi connectivity index (χ4n) is 4.72. The highest BCUT2D eigenvalue weighted by Crippen LogP contribution is 2.49. The topological polar surface area (TPSA) is 33.2 Å². The highest BCUT2D eigenvalue weighted by Gasteiger charge is 2.44. The zero-order chi connectivity index (χ0) is 19.4. The number of nitrogens with zero attached hydrogens (tertiary/aromatic N) is 2. The van der Waals surface area contributed by atoms with Gasteiger partial charge in [-0.25, -0.2) is 0 Å². The lowest BCUT2D eigenvalue weighted by Gasteiger charge is -2.43. The third kappa shape index (κ3) is 4.55. The molecule has 1 spiro atoms. The Labute approximate surface area is 176 Å². The molecular weight excluding hydrogens is 388 g/mol. The maximum atomic E-state index is 13.2. The van der Waals surface area contributed by atoms with Gasteiger partial charge >= 0.3 is 0 Å². The van der Waals surface area contributed by atoms with Crippen LogP contribution in [0.15, 0.2) is 48.8 Å². The molecule has 1 saturated heterocycles. The van der Waals surface area contributed by atoms with Gasteiger partial charge in [-0.1, -0.05) is 42.6 Å². The van der Waals surface area contributed by atoms with Crippen LogP contribution in [-0.2, 0) is 17.8 Å². The van der Waals surface area contributed by atoms with Crippen molar-refractivity contribution in [2.45, 2.75) is 49.8 Å². The molecule has 2 unspecified atom stereocenters. The molecule has 1 amide bonds. The third-order valence-corrected chi connectivity index (χ3v) is 8.05. The summed E-state index contributed by atoms with van der Waals surface area (Å²) in [5.41, 5.74) is 2.40. The highest BCUT2D eigenvalue weighted by atomic mass is 35.5. The monoisotopic (exact) mass is 414 g/mol. The summed E-state index contributed by atoms with van der Waals surface area (Å²) in [4.78, 5) is 19.4. The highest BCUT2D eigenvalue weighted by molar-refractivity contribution is 8.00. The van der Waals surface area contributed by atoms with Crippen molar-refractivity contribution in [1.82, 2.24) is 9.88 Å². The zero-order valence-corrected chi connectivity index (χ0v) is 17.7. The Kier molecular flexibility index (Phi) is 6.27. The van der Waals surface area contributed by atoms with Crippen molar-refractivity contribution in [2.75, 3.05) is 12.3 Å². The summed E-state index contributed by atoms with van der Waals surface area (Å²) in [5.74, 6) is 1.84. The molecule has 4 rings (SSSR count). The Morgan fingerprint density at radius 3 is 2.93 bits per heavy atom. The van der Waals surface area contributed by atoms with Gasteiger partial charge in [0.25, 0.3) is 0 Å². The molecule has 2 heterocycles. The van der Waals surface area contributed by atoms with E-state index in [1.165, 1.54) is 24.8 Å². The third-order valence-electron chi connectivity index (χ3n) is 6.17. The molecule has 0 N–H and O–H groups in total. The molecule has 2 aromatic rings. The molecule has 28 heavy (non-hydrogen) atoms. The second-order valence-corrected chi connectivity index (χ2v) is 9.99. The summed E-state index contributed by atoms with van der Waals surface area (Å²) in [5, 5.41) is 0.801. The van der Waals surface area contributed by atoms with Crippen molar-refractivity contribution in [3.05, 3.63) is 64.9 Å². The molecule has 2 atom stereocenters. The van der Waals surface area contributed by atoms with Crippen LogP contribution in [0.1, 0.15) is 43.2 Å². The molecule has 2 fully saturated rings. The minimum Gasteiger partial charge on any atom is -0.337 e. The van der Waals surface area contributed by atoms with Crippen LogP contribution in [-0.4, -0.2) is 32.8 Å². The number of carbonyl (C=O) groups excluding carboxylic acids is 1. The lowest BCUT2D eigenvalue weighted by atomic mass is 9.73. The lowest BCUT2D eigenvalue weighted by Crippen LogP contribution is -2.42. The predicted octanol–water partition coefficient (Wildman–Crippen LogP) is 5.37. The van der Waals surface area contributed by atoms with E-state index in [0.29, 0.717) is 24.8 Å². The number of carbonyl (C=O) groups is 1. The van der Waals surface area contributed by atoms with Gasteiger partial charge < -0.3 is 4.90 Å². The average Bonchev–Trinajstić information content (AvgIpc) is 2.84. The van der Waals surface area contributed by atoms with E-state index in [0.717, 1.165) is 35.7 Å². The molecule has 148 valence electrons. The largest absolute Gasteiger partial charge is 0.337 e. The van der Waals surface area contributed by atoms with Crippen LogP contribution in [0.5, 0.6) is 0 Å². The summed E-state index contributed by atoms with van der Waals surface area (Å²) in [6.07, 6.45) is 10.2. The lowest BCUT2D eigenvalue weighted by molar-refractivity contribution is -0.132. The fourth-order valence-corrected chi connectivity index (χ4v) is 6.61. The molecule has 5 heteroatoms. The second-order valence-electron chi connectivity index (χ2n) is 8.04. The van der Waals surface area contributed by atoms with Crippen molar-refractivity contribution < 1.29 is 4.79 Å². The summed E-state index contributed by atoms with van der Waals surface area (Å²) in [7, 11) is 0. The minimum absolute atomic E-state index is 0.0708. The number of aromatic nitrogens is 1. The molecule has 1 aromatic carbocycles. The first kappa shape index (κ1) is 19.8. The molecule has 1 aromatic heterocycles. The van der Waals surface area contributed by atoms with Crippen molar-refractivity contribution in [3.63, 3.8) is 0 Å². The molecule has 0 radical (unpaired) electrons. The van der Waals surface area contributed by atoms with Gasteiger partial charge in [-0.3, -0.25) is 9.78 Å². The first-order valence-electron chi connectivity index (χ1n) is 10.2. The standard InChI is InChI=1S/C23H27ClN2OS/c24-21-8-3-5-18(14-21)13-20-7-1-2-9-23(20)15-22(27)26(11-12-28-23)17-19-6-4-10-25-16-19/h3-6,8,10,14,16,20H,1-2,7,9,11-13,15,17H2. The molecular formula is C23H27ClN2OS. The first-order valence-corrected chi connectivity index (χ1v) is 11.6. The number of halogens is 1. The smallest absolute Gasteiger partial charge is 0.224 e. The Bertz CT molecular complexity index is 815. The van der Waals surface area contributed by atoms with Crippen molar-refractivity contribution in [2.24, 2.45) is 5.92 Å². The Balaban J connectivity index is 1.51. The van der Waals surface area contributed by atoms with E-state index in [1.807, 2.05) is 41.1 Å². The molecule has 1 saturated carbocycles. The number of amides is 1. The van der Waals surface area contributed by atoms with Crippen LogP contribution in [0.2, 0.25) is 5.02 Å². The van der Waals surface area contributed by atoms with Gasteiger partial charge in [0.2, 0.25) is 5.91 Å². The molecule has 1 aliphatic heterocycles. The van der Waals surface area contributed by atoms with E-state index >= 15 is 0 Å². The zero-order valence-electron chi connectivity index (χ0n) is 16.1. The molecule has 2 aliphatic rings. The summed E-state index contributed by atoms with van der Waals surface area (Å²) in [6.45, 7) is 1.49. The van der Waals surface area contributed by atoms with E-state index in [-0.39, 0.29) is 4.75 Å². The van der Waals surface area contributed by atoms with Gasteiger partial charge in [0.1, 0.15) is 0 Å². The Morgan fingerprint density at radius 1 is 1.21 bits per heavy atom. The number of rotatable bonds is 4. The number of hydrogen-bond acceptors (Lipinski definition) is 3. The summed E-state index contributed by atoms with van der Waals surface area (Å²) < 4.78 is 0.0708. The second kappa shape index (κ2) is 8.87. The van der Waals surface area contributed by atoms with Crippen LogP contribution in [0.25, 0.3) is 0 Å². The number of thioether (sulfide) groups is 1. The fraction of sp³-hybridized carbons (Fsp3) is 0.478. The number of hydrogen-bond donors (Lipinski definition) is 0. The van der Waals surface area contributed by atoms with Crippen LogP contribution in [0, 0.1) is 5.92 Å². The van der Waals surface area contributed by atoms with Gasteiger partial charge in [-0.05, 0) is 54.5 Å². The summed E-state index contributed by atoms with van der Waals surface area (Å²) in [6, 6.07) is 12.2. The van der Waals surface area contributed by atoms with Crippen LogP contribution < -0.4 is 0 Å². The Morgan fingerprint density at radius 2 is 2.11 bits per heavy atom. The van der Waals surface area contributed by atoms with E-state index < -0.39 is 0 Å². The normalized spacial score (nSPS) is 25.7. The van der Waals surface area contributed by atoms with E-state index in [1.54, 1.807) is 6.20 Å². The number of pyridine rings is 1. The van der Waals surface area contributed by atoms with E-state index in [2.05, 4.69) is 23.2 Å². The number of benzene rings is 1. The van der Waals surface area contributed by atoms with Crippen LogP contribution >= 0.6 is 23.4 Å². The minimum atomic E-state index is 0.0708. The van der Waals surface area contributed by atoms with Gasteiger partial charge in [0, 0.05) is 47.4 Å². The van der Waals surface area contributed by atoms with Gasteiger partial charge in [0.15, 0.2) is 0 Å². The SMILES string of the molecule is O=C1CC2(CCCCC2Cc2cccc(Cl)c2)SCCN1Cc1cccnc1. The van der Waals surface area contributed by atoms with Gasteiger partial charge in [-0.15, -0.1) is 0 Å². The molecule has 0 bridgehead atoms. The first-order chi connectivity index (χ1) is 13.6. The molecule has 1 aliphatic carbocycles.